The van der Waals surface area contributed by atoms with Crippen LogP contribution >= 0.6 is 0 Å². The first-order valence-corrected chi connectivity index (χ1v) is 19.6. The standard InChI is InChI=1S/C41H45N5O6S/c1-4-6-21-44(22-7-5-2)41(50)38-36(27-47)28(3)46(42-38)37-19-17-32(25-35(37)40(49)45-23-20-30-13-9-11-15-33(30)26-45)39(48)43-53(51,52)34-18-16-29-12-8-10-14-31(29)24-34/h8-19,24-25,47H,4-7,20-23,26-27H2,1-3H3,(H,43,48). The predicted octanol–water partition coefficient (Wildman–Crippen LogP) is 6.19. The van der Waals surface area contributed by atoms with Gasteiger partial charge in [-0.05, 0) is 78.4 Å². The molecule has 1 aliphatic heterocycles. The van der Waals surface area contributed by atoms with E-state index in [0.29, 0.717) is 54.9 Å². The van der Waals surface area contributed by atoms with E-state index in [4.69, 9.17) is 5.10 Å². The number of benzene rings is 4. The summed E-state index contributed by atoms with van der Waals surface area (Å²) in [4.78, 5) is 45.4. The van der Waals surface area contributed by atoms with E-state index in [0.717, 1.165) is 42.2 Å². The van der Waals surface area contributed by atoms with E-state index >= 15 is 0 Å². The second-order valence-electron chi connectivity index (χ2n) is 13.4. The quantitative estimate of drug-likeness (QED) is 0.147. The zero-order valence-corrected chi connectivity index (χ0v) is 31.2. The highest BCUT2D eigenvalue weighted by Gasteiger charge is 2.30. The van der Waals surface area contributed by atoms with Crippen molar-refractivity contribution >= 4 is 38.5 Å². The Morgan fingerprint density at radius 2 is 1.55 bits per heavy atom. The van der Waals surface area contributed by atoms with Crippen molar-refractivity contribution in [2.75, 3.05) is 19.6 Å². The number of fused-ring (bicyclic) bond motifs is 2. The zero-order valence-electron chi connectivity index (χ0n) is 30.3. The maximum atomic E-state index is 14.5. The molecule has 4 aromatic carbocycles. The zero-order chi connectivity index (χ0) is 37.7. The number of aromatic nitrogens is 2. The van der Waals surface area contributed by atoms with E-state index in [-0.39, 0.29) is 33.5 Å². The minimum atomic E-state index is -4.27. The lowest BCUT2D eigenvalue weighted by Gasteiger charge is -2.29. The van der Waals surface area contributed by atoms with E-state index in [1.807, 2.05) is 36.4 Å². The number of rotatable bonds is 13. The number of aliphatic hydroxyl groups excluding tert-OH is 1. The Labute approximate surface area is 310 Å². The molecule has 1 aliphatic rings. The van der Waals surface area contributed by atoms with Gasteiger partial charge in [-0.3, -0.25) is 14.4 Å². The van der Waals surface area contributed by atoms with Gasteiger partial charge >= 0.3 is 0 Å². The summed E-state index contributed by atoms with van der Waals surface area (Å²) in [5.41, 5.74) is 3.42. The Morgan fingerprint density at radius 3 is 2.25 bits per heavy atom. The highest BCUT2D eigenvalue weighted by Crippen LogP contribution is 2.28. The van der Waals surface area contributed by atoms with Crippen LogP contribution < -0.4 is 4.72 Å². The van der Waals surface area contributed by atoms with E-state index in [1.165, 1.54) is 35.0 Å². The largest absolute Gasteiger partial charge is 0.392 e. The van der Waals surface area contributed by atoms with Crippen LogP contribution in [0.5, 0.6) is 0 Å². The van der Waals surface area contributed by atoms with Gasteiger partial charge in [-0.25, -0.2) is 17.8 Å². The molecule has 2 heterocycles. The van der Waals surface area contributed by atoms with Gasteiger partial charge in [-0.2, -0.15) is 5.10 Å². The fraction of sp³-hybridized carbons (Fsp3) is 0.317. The molecule has 0 aliphatic carbocycles. The van der Waals surface area contributed by atoms with Crippen LogP contribution in [-0.2, 0) is 29.6 Å². The fourth-order valence-corrected chi connectivity index (χ4v) is 7.75. The molecule has 2 N–H and O–H groups in total. The monoisotopic (exact) mass is 735 g/mol. The Morgan fingerprint density at radius 1 is 0.868 bits per heavy atom. The topological polar surface area (TPSA) is 142 Å². The van der Waals surface area contributed by atoms with Crippen LogP contribution in [0.25, 0.3) is 16.5 Å². The molecule has 0 atom stereocenters. The first-order valence-electron chi connectivity index (χ1n) is 18.1. The molecule has 6 rings (SSSR count). The van der Waals surface area contributed by atoms with E-state index in [9.17, 15) is 27.9 Å². The lowest BCUT2D eigenvalue weighted by molar-refractivity contribution is 0.0731. The molecule has 1 aromatic heterocycles. The van der Waals surface area contributed by atoms with Gasteiger partial charge in [-0.1, -0.05) is 81.3 Å². The highest BCUT2D eigenvalue weighted by atomic mass is 32.2. The molecule has 5 aromatic rings. The molecule has 3 amide bonds. The van der Waals surface area contributed by atoms with Gasteiger partial charge in [-0.15, -0.1) is 0 Å². The summed E-state index contributed by atoms with van der Waals surface area (Å²) in [6, 6.07) is 24.2. The summed E-state index contributed by atoms with van der Waals surface area (Å²) < 4.78 is 30.5. The number of carbonyl (C=O) groups excluding carboxylic acids is 3. The van der Waals surface area contributed by atoms with Gasteiger partial charge in [0.2, 0.25) is 0 Å². The van der Waals surface area contributed by atoms with Crippen LogP contribution in [0.2, 0.25) is 0 Å². The van der Waals surface area contributed by atoms with Crippen molar-refractivity contribution in [1.29, 1.82) is 0 Å². The molecule has 0 spiro atoms. The molecule has 11 nitrogen and oxygen atoms in total. The minimum Gasteiger partial charge on any atom is -0.392 e. The normalized spacial score (nSPS) is 12.8. The number of carbonyl (C=O) groups is 3. The van der Waals surface area contributed by atoms with Crippen molar-refractivity contribution in [2.45, 2.75) is 70.9 Å². The van der Waals surface area contributed by atoms with Gasteiger partial charge in [0, 0.05) is 43.0 Å². The molecule has 0 radical (unpaired) electrons. The van der Waals surface area contributed by atoms with E-state index in [2.05, 4.69) is 18.6 Å². The third-order valence-corrected chi connectivity index (χ3v) is 11.2. The Hall–Kier alpha value is -5.33. The summed E-state index contributed by atoms with van der Waals surface area (Å²) in [5.74, 6) is -1.59. The van der Waals surface area contributed by atoms with Gasteiger partial charge in [0.25, 0.3) is 27.7 Å². The number of sulfonamides is 1. The molecule has 0 saturated heterocycles. The maximum absolute atomic E-state index is 14.5. The molecule has 0 bridgehead atoms. The lowest BCUT2D eigenvalue weighted by atomic mass is 9.98. The van der Waals surface area contributed by atoms with Crippen molar-refractivity contribution in [2.24, 2.45) is 0 Å². The first kappa shape index (κ1) is 37.4. The molecular formula is C41H45N5O6S. The average Bonchev–Trinajstić information content (AvgIpc) is 3.51. The highest BCUT2D eigenvalue weighted by molar-refractivity contribution is 7.90. The number of nitrogens with zero attached hydrogens (tertiary/aromatic N) is 4. The molecule has 12 heteroatoms. The van der Waals surface area contributed by atoms with Crippen molar-refractivity contribution in [3.05, 3.63) is 124 Å². The summed E-state index contributed by atoms with van der Waals surface area (Å²) >= 11 is 0. The average molecular weight is 736 g/mol. The lowest BCUT2D eigenvalue weighted by Crippen LogP contribution is -2.37. The second kappa shape index (κ2) is 16.1. The number of nitrogens with one attached hydrogen (secondary N) is 1. The number of hydrogen-bond donors (Lipinski definition) is 2. The summed E-state index contributed by atoms with van der Waals surface area (Å²) in [7, 11) is -4.27. The number of amides is 3. The van der Waals surface area contributed by atoms with Crippen molar-refractivity contribution < 1.29 is 27.9 Å². The van der Waals surface area contributed by atoms with Gasteiger partial charge in [0.1, 0.15) is 0 Å². The van der Waals surface area contributed by atoms with Crippen LogP contribution in [0.15, 0.2) is 89.8 Å². The van der Waals surface area contributed by atoms with Gasteiger partial charge in [0.05, 0.1) is 22.8 Å². The van der Waals surface area contributed by atoms with Crippen LogP contribution in [-0.4, -0.2) is 70.5 Å². The SMILES string of the molecule is CCCCN(CCCC)C(=O)c1nn(-c2ccc(C(=O)NS(=O)(=O)c3ccc4ccccc4c3)cc2C(=O)N2CCc3ccccc3C2)c(C)c1CO. The smallest absolute Gasteiger partial charge is 0.274 e. The Balaban J connectivity index is 1.40. The summed E-state index contributed by atoms with van der Waals surface area (Å²) in [5, 5.41) is 16.8. The first-order chi connectivity index (χ1) is 25.6. The molecule has 0 fully saturated rings. The van der Waals surface area contributed by atoms with E-state index in [1.54, 1.807) is 34.9 Å². The van der Waals surface area contributed by atoms with Crippen LogP contribution in [0.4, 0.5) is 0 Å². The summed E-state index contributed by atoms with van der Waals surface area (Å²) in [6.45, 7) is 7.27. The Bertz CT molecular complexity index is 2270. The molecule has 53 heavy (non-hydrogen) atoms. The number of hydrogen-bond acceptors (Lipinski definition) is 7. The second-order valence-corrected chi connectivity index (χ2v) is 15.1. The molecule has 0 unspecified atom stereocenters. The molecular weight excluding hydrogens is 691 g/mol. The minimum absolute atomic E-state index is 0.0485. The Kier molecular flexibility index (Phi) is 11.4. The van der Waals surface area contributed by atoms with Gasteiger partial charge in [0.15, 0.2) is 5.69 Å². The molecule has 276 valence electrons. The number of aliphatic hydroxyl groups is 1. The van der Waals surface area contributed by atoms with Gasteiger partial charge < -0.3 is 14.9 Å². The van der Waals surface area contributed by atoms with Crippen LogP contribution in [0.3, 0.4) is 0 Å². The third-order valence-electron chi connectivity index (χ3n) is 9.84. The van der Waals surface area contributed by atoms with Crippen molar-refractivity contribution in [3.8, 4) is 5.69 Å². The predicted molar refractivity (Wildman–Crippen MR) is 203 cm³/mol. The van der Waals surface area contributed by atoms with Crippen LogP contribution in [0, 0.1) is 6.92 Å². The van der Waals surface area contributed by atoms with Crippen molar-refractivity contribution in [1.82, 2.24) is 24.3 Å². The van der Waals surface area contributed by atoms with E-state index < -0.39 is 22.5 Å². The van der Waals surface area contributed by atoms with Crippen LogP contribution in [0.1, 0.15) is 93.1 Å². The molecule has 0 saturated carbocycles. The maximum Gasteiger partial charge on any atom is 0.274 e. The number of unbranched alkanes of at least 4 members (excludes halogenated alkanes) is 2. The fourth-order valence-electron chi connectivity index (χ4n) is 6.74. The van der Waals surface area contributed by atoms with Crippen molar-refractivity contribution in [3.63, 3.8) is 0 Å². The summed E-state index contributed by atoms with van der Waals surface area (Å²) in [6.07, 6.45) is 4.10. The third kappa shape index (κ3) is 7.89.